The van der Waals surface area contributed by atoms with Gasteiger partial charge in [0.1, 0.15) is 5.01 Å². The number of halogens is 2. The molecule has 2 aromatic rings. The quantitative estimate of drug-likeness (QED) is 0.896. The highest BCUT2D eigenvalue weighted by molar-refractivity contribution is 7.15. The van der Waals surface area contributed by atoms with Gasteiger partial charge in [-0.25, -0.2) is 8.78 Å². The van der Waals surface area contributed by atoms with E-state index in [9.17, 15) is 18.4 Å². The van der Waals surface area contributed by atoms with Gasteiger partial charge in [0.25, 0.3) is 5.91 Å². The Bertz CT molecular complexity index is 675. The van der Waals surface area contributed by atoms with Gasteiger partial charge in [0, 0.05) is 5.56 Å². The Kier molecular flexibility index (Phi) is 3.99. The highest BCUT2D eigenvalue weighted by Crippen LogP contribution is 2.17. The maximum Gasteiger partial charge on any atom is 0.310 e. The maximum absolute atomic E-state index is 13.0. The lowest BCUT2D eigenvalue weighted by Gasteiger charge is -2.01. The van der Waals surface area contributed by atoms with Gasteiger partial charge in [0.15, 0.2) is 11.6 Å². The van der Waals surface area contributed by atoms with Crippen molar-refractivity contribution in [2.24, 2.45) is 0 Å². The molecule has 0 saturated heterocycles. The fraction of sp³-hybridized carbons (Fsp3) is 0.0909. The summed E-state index contributed by atoms with van der Waals surface area (Å²) in [7, 11) is 0. The van der Waals surface area contributed by atoms with Crippen LogP contribution in [0.4, 0.5) is 13.9 Å². The van der Waals surface area contributed by atoms with E-state index in [1.54, 1.807) is 0 Å². The van der Waals surface area contributed by atoms with E-state index in [0.29, 0.717) is 0 Å². The number of nitrogens with one attached hydrogen (secondary N) is 1. The third kappa shape index (κ3) is 3.32. The van der Waals surface area contributed by atoms with Gasteiger partial charge in [0.05, 0.1) is 6.42 Å². The second-order valence-corrected chi connectivity index (χ2v) is 4.72. The minimum atomic E-state index is -1.14. The first-order valence-corrected chi connectivity index (χ1v) is 6.08. The number of carbonyl (C=O) groups excluding carboxylic acids is 1. The Morgan fingerprint density at radius 2 is 2.00 bits per heavy atom. The molecule has 0 radical (unpaired) electrons. The molecule has 0 bridgehead atoms. The number of benzene rings is 1. The summed E-state index contributed by atoms with van der Waals surface area (Å²) in [4.78, 5) is 22.2. The Balaban J connectivity index is 2.09. The second-order valence-electron chi connectivity index (χ2n) is 3.65. The summed E-state index contributed by atoms with van der Waals surface area (Å²) in [6.07, 6.45) is -0.307. The van der Waals surface area contributed by atoms with E-state index in [-0.39, 0.29) is 22.1 Å². The SMILES string of the molecule is O=C(O)Cc1nnc(NC(=O)c2ccc(F)c(F)c2)s1. The average Bonchev–Trinajstić information content (AvgIpc) is 2.79. The molecule has 1 aromatic heterocycles. The zero-order valence-electron chi connectivity index (χ0n) is 9.76. The number of rotatable bonds is 4. The van der Waals surface area contributed by atoms with Crippen molar-refractivity contribution in [1.82, 2.24) is 10.2 Å². The summed E-state index contributed by atoms with van der Waals surface area (Å²) < 4.78 is 25.7. The van der Waals surface area contributed by atoms with Crippen LogP contribution in [0.2, 0.25) is 0 Å². The minimum absolute atomic E-state index is 0.0796. The summed E-state index contributed by atoms with van der Waals surface area (Å²) in [5.74, 6) is -3.95. The molecule has 0 aliphatic carbocycles. The number of hydrogen-bond acceptors (Lipinski definition) is 5. The van der Waals surface area contributed by atoms with Gasteiger partial charge >= 0.3 is 5.97 Å². The average molecular weight is 299 g/mol. The lowest BCUT2D eigenvalue weighted by Crippen LogP contribution is -2.12. The van der Waals surface area contributed by atoms with Gasteiger partial charge in [-0.15, -0.1) is 10.2 Å². The third-order valence-electron chi connectivity index (χ3n) is 2.17. The first-order valence-electron chi connectivity index (χ1n) is 5.26. The second kappa shape index (κ2) is 5.70. The Morgan fingerprint density at radius 3 is 2.65 bits per heavy atom. The van der Waals surface area contributed by atoms with Crippen molar-refractivity contribution in [3.63, 3.8) is 0 Å². The number of carboxylic acids is 1. The van der Waals surface area contributed by atoms with Crippen molar-refractivity contribution in [2.45, 2.75) is 6.42 Å². The Morgan fingerprint density at radius 1 is 1.25 bits per heavy atom. The number of amides is 1. The number of aliphatic carboxylic acids is 1. The molecule has 0 unspecified atom stereocenters. The molecular formula is C11H7F2N3O3S. The van der Waals surface area contributed by atoms with Crippen molar-refractivity contribution in [3.05, 3.63) is 40.4 Å². The summed E-state index contributed by atoms with van der Waals surface area (Å²) in [5.41, 5.74) is -0.0844. The zero-order valence-corrected chi connectivity index (χ0v) is 10.6. The molecule has 20 heavy (non-hydrogen) atoms. The van der Waals surface area contributed by atoms with Crippen LogP contribution < -0.4 is 5.32 Å². The fourth-order valence-corrected chi connectivity index (χ4v) is 2.04. The van der Waals surface area contributed by atoms with E-state index in [1.165, 1.54) is 0 Å². The molecule has 0 fully saturated rings. The molecule has 104 valence electrons. The van der Waals surface area contributed by atoms with Crippen molar-refractivity contribution < 1.29 is 23.5 Å². The van der Waals surface area contributed by atoms with E-state index >= 15 is 0 Å². The van der Waals surface area contributed by atoms with E-state index in [4.69, 9.17) is 5.11 Å². The molecule has 6 nitrogen and oxygen atoms in total. The standard InChI is InChI=1S/C11H7F2N3O3S/c12-6-2-1-5(3-7(6)13)10(19)14-11-16-15-8(20-11)4-9(17)18/h1-3H,4H2,(H,17,18)(H,14,16,19). The van der Waals surface area contributed by atoms with Gasteiger partial charge in [-0.3, -0.25) is 14.9 Å². The van der Waals surface area contributed by atoms with Gasteiger partial charge in [0.2, 0.25) is 5.13 Å². The summed E-state index contributed by atoms with van der Waals surface area (Å²) in [6, 6.07) is 2.71. The highest BCUT2D eigenvalue weighted by Gasteiger charge is 2.13. The van der Waals surface area contributed by atoms with Crippen molar-refractivity contribution in [2.75, 3.05) is 5.32 Å². The number of aromatic nitrogens is 2. The van der Waals surface area contributed by atoms with Crippen LogP contribution in [0.5, 0.6) is 0 Å². The first kappa shape index (κ1) is 14.0. The number of nitrogens with zero attached hydrogens (tertiary/aromatic N) is 2. The highest BCUT2D eigenvalue weighted by atomic mass is 32.1. The zero-order chi connectivity index (χ0) is 14.7. The van der Waals surface area contributed by atoms with Gasteiger partial charge in [-0.2, -0.15) is 0 Å². The molecule has 0 aliphatic heterocycles. The number of hydrogen-bond donors (Lipinski definition) is 2. The summed E-state index contributed by atoms with van der Waals surface area (Å²) >= 11 is 0.889. The van der Waals surface area contributed by atoms with E-state index in [2.05, 4.69) is 15.5 Å². The molecule has 1 aromatic carbocycles. The third-order valence-corrected chi connectivity index (χ3v) is 3.01. The Labute approximate surface area is 115 Å². The normalized spacial score (nSPS) is 10.3. The predicted octanol–water partition coefficient (Wildman–Crippen LogP) is 1.70. The van der Waals surface area contributed by atoms with Gasteiger partial charge in [-0.05, 0) is 18.2 Å². The predicted molar refractivity (Wildman–Crippen MR) is 65.6 cm³/mol. The monoisotopic (exact) mass is 299 g/mol. The summed E-state index contributed by atoms with van der Waals surface area (Å²) in [6.45, 7) is 0. The molecule has 2 rings (SSSR count). The maximum atomic E-state index is 13.0. The molecule has 0 aliphatic rings. The van der Waals surface area contributed by atoms with Crippen LogP contribution in [0, 0.1) is 11.6 Å². The van der Waals surface area contributed by atoms with Crippen molar-refractivity contribution >= 4 is 28.3 Å². The van der Waals surface area contributed by atoms with Crippen LogP contribution in [0.25, 0.3) is 0 Å². The lowest BCUT2D eigenvalue weighted by molar-refractivity contribution is -0.136. The molecular weight excluding hydrogens is 292 g/mol. The van der Waals surface area contributed by atoms with Crippen LogP contribution >= 0.6 is 11.3 Å². The fourth-order valence-electron chi connectivity index (χ4n) is 1.31. The molecule has 9 heteroatoms. The Hall–Kier alpha value is -2.42. The van der Waals surface area contributed by atoms with E-state index in [1.807, 2.05) is 0 Å². The molecule has 0 spiro atoms. The van der Waals surface area contributed by atoms with E-state index in [0.717, 1.165) is 29.5 Å². The van der Waals surface area contributed by atoms with Crippen molar-refractivity contribution in [1.29, 1.82) is 0 Å². The first-order chi connectivity index (χ1) is 9.45. The molecule has 2 N–H and O–H groups in total. The van der Waals surface area contributed by atoms with Crippen LogP contribution in [-0.2, 0) is 11.2 Å². The molecule has 1 amide bonds. The topological polar surface area (TPSA) is 92.2 Å². The van der Waals surface area contributed by atoms with Crippen LogP contribution in [0.15, 0.2) is 18.2 Å². The van der Waals surface area contributed by atoms with Crippen molar-refractivity contribution in [3.8, 4) is 0 Å². The van der Waals surface area contributed by atoms with Crippen LogP contribution in [-0.4, -0.2) is 27.2 Å². The van der Waals surface area contributed by atoms with Crippen LogP contribution in [0.1, 0.15) is 15.4 Å². The minimum Gasteiger partial charge on any atom is -0.481 e. The molecule has 0 saturated carbocycles. The molecule has 1 heterocycles. The summed E-state index contributed by atoms with van der Waals surface area (Å²) in [5, 5.41) is 18.3. The van der Waals surface area contributed by atoms with Crippen LogP contribution in [0.3, 0.4) is 0 Å². The largest absolute Gasteiger partial charge is 0.481 e. The number of carbonyl (C=O) groups is 2. The smallest absolute Gasteiger partial charge is 0.310 e. The number of anilines is 1. The number of carboxylic acid groups (broad SMARTS) is 1. The van der Waals surface area contributed by atoms with Gasteiger partial charge in [-0.1, -0.05) is 11.3 Å². The lowest BCUT2D eigenvalue weighted by atomic mass is 10.2. The molecule has 0 atom stereocenters. The van der Waals surface area contributed by atoms with E-state index < -0.39 is 23.5 Å². The van der Waals surface area contributed by atoms with Gasteiger partial charge < -0.3 is 5.11 Å².